The molecule has 8 nitrogen and oxygen atoms in total. The van der Waals surface area contributed by atoms with E-state index in [2.05, 4.69) is 15.2 Å². The molecule has 154 valence electrons. The fourth-order valence-electron chi connectivity index (χ4n) is 3.79. The number of benzene rings is 1. The van der Waals surface area contributed by atoms with E-state index in [9.17, 15) is 4.79 Å². The summed E-state index contributed by atoms with van der Waals surface area (Å²) in [5.74, 6) is -0.181. The zero-order chi connectivity index (χ0) is 20.3. The van der Waals surface area contributed by atoms with Crippen LogP contribution >= 0.6 is 0 Å². The van der Waals surface area contributed by atoms with Crippen LogP contribution in [-0.2, 0) is 16.0 Å². The van der Waals surface area contributed by atoms with Crippen LogP contribution < -0.4 is 20.7 Å². The van der Waals surface area contributed by atoms with E-state index in [-0.39, 0.29) is 5.69 Å². The largest absolute Gasteiger partial charge is 0.497 e. The number of primary amides is 1. The SMILES string of the molecule is COc1ccc(CNc2cc(N3CCC4(CC3)OCCO4)cnc2C(N)=O)cc1. The zero-order valence-corrected chi connectivity index (χ0v) is 16.5. The molecule has 4 rings (SSSR count). The van der Waals surface area contributed by atoms with Crippen molar-refractivity contribution in [3.05, 3.63) is 47.8 Å². The first-order valence-electron chi connectivity index (χ1n) is 9.78. The number of nitrogens with one attached hydrogen (secondary N) is 1. The number of hydrogen-bond acceptors (Lipinski definition) is 7. The third kappa shape index (κ3) is 4.28. The Morgan fingerprint density at radius 2 is 1.93 bits per heavy atom. The van der Waals surface area contributed by atoms with Gasteiger partial charge in [-0.15, -0.1) is 0 Å². The highest BCUT2D eigenvalue weighted by Gasteiger charge is 2.39. The quantitative estimate of drug-likeness (QED) is 0.769. The summed E-state index contributed by atoms with van der Waals surface area (Å²) in [6.07, 6.45) is 3.31. The Hall–Kier alpha value is -2.84. The molecule has 3 N–H and O–H groups in total. The topological polar surface area (TPSA) is 98.9 Å². The highest BCUT2D eigenvalue weighted by molar-refractivity contribution is 5.97. The Kier molecular flexibility index (Phi) is 5.55. The molecule has 1 aromatic carbocycles. The van der Waals surface area contributed by atoms with Gasteiger partial charge in [-0.05, 0) is 23.8 Å². The molecule has 3 heterocycles. The first-order chi connectivity index (χ1) is 14.1. The number of carbonyl (C=O) groups excluding carboxylic acids is 1. The van der Waals surface area contributed by atoms with Gasteiger partial charge in [-0.2, -0.15) is 0 Å². The summed E-state index contributed by atoms with van der Waals surface area (Å²) < 4.78 is 16.8. The number of amides is 1. The number of aromatic nitrogens is 1. The van der Waals surface area contributed by atoms with E-state index in [0.717, 1.165) is 42.9 Å². The lowest BCUT2D eigenvalue weighted by Gasteiger charge is -2.38. The van der Waals surface area contributed by atoms with Crippen molar-refractivity contribution in [2.75, 3.05) is 43.6 Å². The van der Waals surface area contributed by atoms with Crippen LogP contribution in [0.2, 0.25) is 0 Å². The molecule has 0 atom stereocenters. The number of piperidine rings is 1. The van der Waals surface area contributed by atoms with Crippen LogP contribution in [0, 0.1) is 0 Å². The van der Waals surface area contributed by atoms with E-state index in [1.807, 2.05) is 30.3 Å². The smallest absolute Gasteiger partial charge is 0.269 e. The minimum atomic E-state index is -0.556. The molecular weight excluding hydrogens is 372 g/mol. The maximum atomic E-state index is 11.8. The fourth-order valence-corrected chi connectivity index (χ4v) is 3.79. The second-order valence-corrected chi connectivity index (χ2v) is 7.25. The summed E-state index contributed by atoms with van der Waals surface area (Å²) in [6.45, 7) is 3.47. The number of nitrogens with two attached hydrogens (primary N) is 1. The lowest BCUT2D eigenvalue weighted by Crippen LogP contribution is -2.45. The lowest BCUT2D eigenvalue weighted by molar-refractivity contribution is -0.169. The van der Waals surface area contributed by atoms with Crippen LogP contribution in [0.15, 0.2) is 36.5 Å². The molecule has 2 saturated heterocycles. The van der Waals surface area contributed by atoms with Crippen molar-refractivity contribution in [1.82, 2.24) is 4.98 Å². The number of hydrogen-bond donors (Lipinski definition) is 2. The first-order valence-corrected chi connectivity index (χ1v) is 9.78. The Balaban J connectivity index is 1.47. The predicted octanol–water partition coefficient (Wildman–Crippen LogP) is 2.14. The van der Waals surface area contributed by atoms with Crippen molar-refractivity contribution in [1.29, 1.82) is 0 Å². The molecule has 1 amide bonds. The highest BCUT2D eigenvalue weighted by atomic mass is 16.7. The third-order valence-corrected chi connectivity index (χ3v) is 5.45. The number of anilines is 2. The van der Waals surface area contributed by atoms with Gasteiger partial charge in [-0.25, -0.2) is 4.98 Å². The summed E-state index contributed by atoms with van der Waals surface area (Å²) in [5, 5.41) is 3.30. The second kappa shape index (κ2) is 8.26. The molecule has 29 heavy (non-hydrogen) atoms. The van der Waals surface area contributed by atoms with Crippen molar-refractivity contribution in [2.24, 2.45) is 5.73 Å². The molecular formula is C21H26N4O4. The molecule has 0 aliphatic carbocycles. The summed E-state index contributed by atoms with van der Waals surface area (Å²) in [5.41, 5.74) is 8.38. The van der Waals surface area contributed by atoms with Gasteiger partial charge in [0.2, 0.25) is 0 Å². The molecule has 2 aromatic rings. The van der Waals surface area contributed by atoms with Crippen molar-refractivity contribution < 1.29 is 19.0 Å². The molecule has 2 aliphatic rings. The van der Waals surface area contributed by atoms with E-state index >= 15 is 0 Å². The standard InChI is InChI=1S/C21H26N4O4/c1-27-17-4-2-15(3-5-17)13-23-18-12-16(14-24-19(18)20(22)26)25-8-6-21(7-9-25)28-10-11-29-21/h2-5,12,14,23H,6-11,13H2,1H3,(H2,22,26). The number of carbonyl (C=O) groups is 1. The van der Waals surface area contributed by atoms with Gasteiger partial charge in [-0.1, -0.05) is 12.1 Å². The molecule has 1 spiro atoms. The number of ether oxygens (including phenoxy) is 3. The molecule has 0 saturated carbocycles. The fraction of sp³-hybridized carbons (Fsp3) is 0.429. The van der Waals surface area contributed by atoms with Crippen molar-refractivity contribution in [3.63, 3.8) is 0 Å². The first kappa shape index (κ1) is 19.5. The number of rotatable bonds is 6. The molecule has 1 aromatic heterocycles. The maximum Gasteiger partial charge on any atom is 0.269 e. The van der Waals surface area contributed by atoms with E-state index in [1.54, 1.807) is 13.3 Å². The molecule has 2 aliphatic heterocycles. The third-order valence-electron chi connectivity index (χ3n) is 5.45. The lowest BCUT2D eigenvalue weighted by atomic mass is 10.0. The van der Waals surface area contributed by atoms with Gasteiger partial charge in [0.15, 0.2) is 11.5 Å². The minimum absolute atomic E-state index is 0.234. The summed E-state index contributed by atoms with van der Waals surface area (Å²) >= 11 is 0. The Morgan fingerprint density at radius 1 is 1.24 bits per heavy atom. The van der Waals surface area contributed by atoms with E-state index in [0.29, 0.717) is 25.4 Å². The molecule has 2 fully saturated rings. The number of pyridine rings is 1. The van der Waals surface area contributed by atoms with Gasteiger partial charge in [-0.3, -0.25) is 4.79 Å². The number of methoxy groups -OCH3 is 1. The van der Waals surface area contributed by atoms with Gasteiger partial charge >= 0.3 is 0 Å². The van der Waals surface area contributed by atoms with Gasteiger partial charge in [0.25, 0.3) is 5.91 Å². The van der Waals surface area contributed by atoms with E-state index in [4.69, 9.17) is 19.9 Å². The van der Waals surface area contributed by atoms with Crippen LogP contribution in [0.1, 0.15) is 28.9 Å². The Morgan fingerprint density at radius 3 is 2.55 bits per heavy atom. The van der Waals surface area contributed by atoms with E-state index in [1.165, 1.54) is 0 Å². The molecule has 0 unspecified atom stereocenters. The van der Waals surface area contributed by atoms with Crippen molar-refractivity contribution in [2.45, 2.75) is 25.2 Å². The van der Waals surface area contributed by atoms with Gasteiger partial charge in [0.1, 0.15) is 5.75 Å². The molecule has 0 bridgehead atoms. The monoisotopic (exact) mass is 398 g/mol. The van der Waals surface area contributed by atoms with Crippen molar-refractivity contribution >= 4 is 17.3 Å². The van der Waals surface area contributed by atoms with Gasteiger partial charge < -0.3 is 30.2 Å². The van der Waals surface area contributed by atoms with Crippen LogP contribution in [-0.4, -0.2) is 50.1 Å². The number of nitrogens with zero attached hydrogens (tertiary/aromatic N) is 2. The summed E-state index contributed by atoms with van der Waals surface area (Å²) in [4.78, 5) is 18.4. The predicted molar refractivity (Wildman–Crippen MR) is 109 cm³/mol. The molecule has 0 radical (unpaired) electrons. The zero-order valence-electron chi connectivity index (χ0n) is 16.5. The van der Waals surface area contributed by atoms with Crippen molar-refractivity contribution in [3.8, 4) is 5.75 Å². The normalized spacial score (nSPS) is 18.0. The van der Waals surface area contributed by atoms with Crippen LogP contribution in [0.5, 0.6) is 5.75 Å². The van der Waals surface area contributed by atoms with Gasteiger partial charge in [0, 0.05) is 32.5 Å². The maximum absolute atomic E-state index is 11.8. The Labute approximate surface area is 169 Å². The molecule has 8 heteroatoms. The highest BCUT2D eigenvalue weighted by Crippen LogP contribution is 2.34. The Bertz CT molecular complexity index is 855. The average molecular weight is 398 g/mol. The summed E-state index contributed by atoms with van der Waals surface area (Å²) in [7, 11) is 1.64. The van der Waals surface area contributed by atoms with Crippen LogP contribution in [0.4, 0.5) is 11.4 Å². The minimum Gasteiger partial charge on any atom is -0.497 e. The van der Waals surface area contributed by atoms with Gasteiger partial charge in [0.05, 0.1) is 37.9 Å². The van der Waals surface area contributed by atoms with Crippen LogP contribution in [0.25, 0.3) is 0 Å². The summed E-state index contributed by atoms with van der Waals surface area (Å²) in [6, 6.07) is 9.68. The second-order valence-electron chi connectivity index (χ2n) is 7.25. The van der Waals surface area contributed by atoms with E-state index < -0.39 is 11.7 Å². The van der Waals surface area contributed by atoms with Crippen LogP contribution in [0.3, 0.4) is 0 Å². The average Bonchev–Trinajstić information content (AvgIpc) is 3.20.